The summed E-state index contributed by atoms with van der Waals surface area (Å²) in [7, 11) is -1.59. The quantitative estimate of drug-likeness (QED) is 0.865. The Kier molecular flexibility index (Phi) is 4.66. The van der Waals surface area contributed by atoms with Gasteiger partial charge in [-0.15, -0.1) is 0 Å². The molecule has 0 saturated heterocycles. The van der Waals surface area contributed by atoms with Crippen LogP contribution in [0.25, 0.3) is 0 Å². The zero-order valence-corrected chi connectivity index (χ0v) is 12.7. The fourth-order valence-electron chi connectivity index (χ4n) is 1.89. The minimum Gasteiger partial charge on any atom is -0.302 e. The third-order valence-corrected chi connectivity index (χ3v) is 5.07. The van der Waals surface area contributed by atoms with Gasteiger partial charge in [0.15, 0.2) is 0 Å². The topological polar surface area (TPSA) is 73.2 Å². The zero-order chi connectivity index (χ0) is 14.8. The number of hydrogen-bond donors (Lipinski definition) is 1. The van der Waals surface area contributed by atoms with E-state index in [2.05, 4.69) is 9.62 Å². The number of likely N-dealkylation sites (N-methyl/N-ethyl adjacent to an activating group) is 1. The van der Waals surface area contributed by atoms with Crippen molar-refractivity contribution in [3.63, 3.8) is 0 Å². The van der Waals surface area contributed by atoms with Crippen LogP contribution in [0.2, 0.25) is 5.02 Å². The summed E-state index contributed by atoms with van der Waals surface area (Å²) >= 11 is 5.85. The lowest BCUT2D eigenvalue weighted by Gasteiger charge is -2.15. The summed E-state index contributed by atoms with van der Waals surface area (Å²) in [6.07, 6.45) is 2.38. The molecule has 0 atom stereocenters. The molecule has 2 rings (SSSR count). The van der Waals surface area contributed by atoms with E-state index in [1.807, 2.05) is 13.1 Å². The van der Waals surface area contributed by atoms with Crippen molar-refractivity contribution < 1.29 is 8.42 Å². The van der Waals surface area contributed by atoms with E-state index in [0.29, 0.717) is 19.1 Å². The summed E-state index contributed by atoms with van der Waals surface area (Å²) in [6.45, 7) is 1.03. The molecule has 108 valence electrons. The molecule has 1 fully saturated rings. The van der Waals surface area contributed by atoms with E-state index >= 15 is 0 Å². The van der Waals surface area contributed by atoms with Crippen LogP contribution in [0.4, 0.5) is 0 Å². The van der Waals surface area contributed by atoms with Crippen molar-refractivity contribution in [1.82, 2.24) is 9.62 Å². The fraction of sp³-hybridized carbons (Fsp3) is 0.462. The molecule has 0 heterocycles. The van der Waals surface area contributed by atoms with Crippen LogP contribution in [0.3, 0.4) is 0 Å². The lowest BCUT2D eigenvalue weighted by Crippen LogP contribution is -2.34. The number of nitrogens with zero attached hydrogens (tertiary/aromatic N) is 2. The molecular formula is C13H16ClN3O2S. The first-order valence-corrected chi connectivity index (χ1v) is 8.20. The highest BCUT2D eigenvalue weighted by Crippen LogP contribution is 2.24. The third kappa shape index (κ3) is 3.70. The number of rotatable bonds is 6. The van der Waals surface area contributed by atoms with Crippen molar-refractivity contribution in [3.05, 3.63) is 28.8 Å². The minimum absolute atomic E-state index is 0.0792. The highest BCUT2D eigenvalue weighted by Gasteiger charge is 2.26. The number of hydrogen-bond acceptors (Lipinski definition) is 4. The number of sulfonamides is 1. The van der Waals surface area contributed by atoms with Gasteiger partial charge in [-0.3, -0.25) is 0 Å². The van der Waals surface area contributed by atoms with Crippen molar-refractivity contribution >= 4 is 21.6 Å². The molecule has 0 radical (unpaired) electrons. The summed E-state index contributed by atoms with van der Waals surface area (Å²) in [5, 5.41) is 8.91. The Morgan fingerprint density at radius 2 is 2.20 bits per heavy atom. The second-order valence-electron chi connectivity index (χ2n) is 4.86. The average molecular weight is 314 g/mol. The van der Waals surface area contributed by atoms with Gasteiger partial charge in [-0.1, -0.05) is 11.6 Å². The van der Waals surface area contributed by atoms with Gasteiger partial charge in [0.25, 0.3) is 0 Å². The highest BCUT2D eigenvalue weighted by molar-refractivity contribution is 7.89. The summed E-state index contributed by atoms with van der Waals surface area (Å²) in [5.41, 5.74) is 0.263. The molecule has 1 aromatic rings. The van der Waals surface area contributed by atoms with Crippen LogP contribution in [0, 0.1) is 11.3 Å². The Morgan fingerprint density at radius 3 is 2.75 bits per heavy atom. The van der Waals surface area contributed by atoms with E-state index in [1.54, 1.807) is 0 Å². The van der Waals surface area contributed by atoms with Crippen molar-refractivity contribution in [1.29, 1.82) is 5.26 Å². The number of benzene rings is 1. The lowest BCUT2D eigenvalue weighted by atomic mass is 10.2. The Bertz CT molecular complexity index is 636. The van der Waals surface area contributed by atoms with Crippen molar-refractivity contribution in [2.75, 3.05) is 20.1 Å². The molecule has 1 saturated carbocycles. The maximum absolute atomic E-state index is 12.1. The molecular weight excluding hydrogens is 298 g/mol. The summed E-state index contributed by atoms with van der Waals surface area (Å²) in [5.74, 6) is 0. The second-order valence-corrected chi connectivity index (χ2v) is 7.04. The predicted octanol–water partition coefficient (Wildman–Crippen LogP) is 1.58. The molecule has 0 bridgehead atoms. The lowest BCUT2D eigenvalue weighted by molar-refractivity contribution is 0.329. The van der Waals surface area contributed by atoms with Gasteiger partial charge in [0.2, 0.25) is 10.0 Å². The molecule has 1 aromatic carbocycles. The second kappa shape index (κ2) is 6.10. The van der Waals surface area contributed by atoms with Gasteiger partial charge >= 0.3 is 0 Å². The van der Waals surface area contributed by atoms with Gasteiger partial charge in [-0.05, 0) is 38.1 Å². The molecule has 1 N–H and O–H groups in total. The number of nitriles is 1. The SMILES string of the molecule is CN(CCNS(=O)(=O)c1ccc(C#N)c(Cl)c1)C1CC1. The summed E-state index contributed by atoms with van der Waals surface area (Å²) < 4.78 is 26.7. The Hall–Kier alpha value is -1.13. The van der Waals surface area contributed by atoms with Gasteiger partial charge in [-0.25, -0.2) is 13.1 Å². The number of nitrogens with one attached hydrogen (secondary N) is 1. The molecule has 7 heteroatoms. The normalized spacial score (nSPS) is 15.3. The van der Waals surface area contributed by atoms with E-state index in [1.165, 1.54) is 31.0 Å². The molecule has 20 heavy (non-hydrogen) atoms. The van der Waals surface area contributed by atoms with Gasteiger partial charge in [0.1, 0.15) is 6.07 Å². The van der Waals surface area contributed by atoms with Crippen molar-refractivity contribution in [2.24, 2.45) is 0 Å². The Labute approximate surface area is 124 Å². The maximum atomic E-state index is 12.1. The van der Waals surface area contributed by atoms with Crippen LogP contribution in [-0.4, -0.2) is 39.5 Å². The van der Waals surface area contributed by atoms with E-state index in [4.69, 9.17) is 16.9 Å². The van der Waals surface area contributed by atoms with Crippen molar-refractivity contribution in [3.8, 4) is 6.07 Å². The van der Waals surface area contributed by atoms with Crippen LogP contribution in [0.5, 0.6) is 0 Å². The minimum atomic E-state index is -3.58. The van der Waals surface area contributed by atoms with Gasteiger partial charge in [-0.2, -0.15) is 5.26 Å². The standard InChI is InChI=1S/C13H16ClN3O2S/c1-17(11-3-4-11)7-6-16-20(18,19)12-5-2-10(9-15)13(14)8-12/h2,5,8,11,16H,3-4,6-7H2,1H3. The highest BCUT2D eigenvalue weighted by atomic mass is 35.5. The van der Waals surface area contributed by atoms with Crippen molar-refractivity contribution in [2.45, 2.75) is 23.8 Å². The Morgan fingerprint density at radius 1 is 1.50 bits per heavy atom. The number of halogens is 1. The first-order valence-electron chi connectivity index (χ1n) is 6.33. The predicted molar refractivity (Wildman–Crippen MR) is 77.0 cm³/mol. The zero-order valence-electron chi connectivity index (χ0n) is 11.1. The monoisotopic (exact) mass is 313 g/mol. The van der Waals surface area contributed by atoms with E-state index in [0.717, 1.165) is 0 Å². The largest absolute Gasteiger partial charge is 0.302 e. The first-order chi connectivity index (χ1) is 9.44. The summed E-state index contributed by atoms with van der Waals surface area (Å²) in [4.78, 5) is 2.23. The van der Waals surface area contributed by atoms with E-state index in [9.17, 15) is 8.42 Å². The van der Waals surface area contributed by atoms with Crippen LogP contribution < -0.4 is 4.72 Å². The smallest absolute Gasteiger partial charge is 0.240 e. The van der Waals surface area contributed by atoms with E-state index in [-0.39, 0.29) is 15.5 Å². The molecule has 5 nitrogen and oxygen atoms in total. The maximum Gasteiger partial charge on any atom is 0.240 e. The molecule has 1 aliphatic rings. The van der Waals surface area contributed by atoms with Crippen LogP contribution in [0.15, 0.2) is 23.1 Å². The van der Waals surface area contributed by atoms with E-state index < -0.39 is 10.0 Å². The van der Waals surface area contributed by atoms with Gasteiger partial charge < -0.3 is 4.90 Å². The molecule has 0 amide bonds. The molecule has 1 aliphatic carbocycles. The molecule has 0 aliphatic heterocycles. The van der Waals surface area contributed by atoms with Crippen LogP contribution >= 0.6 is 11.6 Å². The van der Waals surface area contributed by atoms with Crippen LogP contribution in [0.1, 0.15) is 18.4 Å². The molecule has 0 aromatic heterocycles. The third-order valence-electron chi connectivity index (χ3n) is 3.30. The molecule has 0 unspecified atom stereocenters. The Balaban J connectivity index is 1.99. The molecule has 0 spiro atoms. The van der Waals surface area contributed by atoms with Gasteiger partial charge in [0.05, 0.1) is 15.5 Å². The first kappa shape index (κ1) is 15.3. The fourth-order valence-corrected chi connectivity index (χ4v) is 3.23. The van der Waals surface area contributed by atoms with Gasteiger partial charge in [0, 0.05) is 19.1 Å². The van der Waals surface area contributed by atoms with Crippen LogP contribution in [-0.2, 0) is 10.0 Å². The summed E-state index contributed by atoms with van der Waals surface area (Å²) in [6, 6.07) is 6.59. The average Bonchev–Trinajstić information content (AvgIpc) is 3.22.